The first kappa shape index (κ1) is 19.0. The number of anilines is 1. The zero-order chi connectivity index (χ0) is 19.1. The molecule has 0 bridgehead atoms. The van der Waals surface area contributed by atoms with Gasteiger partial charge in [0.05, 0.1) is 0 Å². The first-order valence-electron chi connectivity index (χ1n) is 9.01. The van der Waals surface area contributed by atoms with E-state index in [1.165, 1.54) is 5.56 Å². The zero-order valence-electron chi connectivity index (χ0n) is 15.2. The number of halogens is 1. The van der Waals surface area contributed by atoms with Crippen LogP contribution in [0.2, 0.25) is 5.02 Å². The molecule has 4 heteroatoms. The van der Waals surface area contributed by atoms with Crippen molar-refractivity contribution in [3.05, 3.63) is 94.5 Å². The van der Waals surface area contributed by atoms with Crippen LogP contribution in [0.1, 0.15) is 34.8 Å². The van der Waals surface area contributed by atoms with E-state index in [9.17, 15) is 4.79 Å². The van der Waals surface area contributed by atoms with E-state index in [4.69, 9.17) is 16.3 Å². The van der Waals surface area contributed by atoms with Crippen LogP contribution in [0.15, 0.2) is 72.8 Å². The molecule has 0 radical (unpaired) electrons. The van der Waals surface area contributed by atoms with Gasteiger partial charge in [-0.25, -0.2) is 0 Å². The van der Waals surface area contributed by atoms with E-state index in [2.05, 4.69) is 24.4 Å². The predicted molar refractivity (Wildman–Crippen MR) is 111 cm³/mol. The first-order chi connectivity index (χ1) is 13.1. The number of carbonyl (C=O) groups excluding carboxylic acids is 1. The Balaban J connectivity index is 1.55. The van der Waals surface area contributed by atoms with Gasteiger partial charge in [0, 0.05) is 16.3 Å². The topological polar surface area (TPSA) is 38.3 Å². The monoisotopic (exact) mass is 379 g/mol. The smallest absolute Gasteiger partial charge is 0.255 e. The molecule has 0 saturated heterocycles. The molecule has 0 aliphatic rings. The highest BCUT2D eigenvalue weighted by Crippen LogP contribution is 2.17. The minimum atomic E-state index is -0.170. The lowest BCUT2D eigenvalue weighted by molar-refractivity contribution is 0.102. The molecule has 0 heterocycles. The Labute approximate surface area is 164 Å². The fourth-order valence-electron chi connectivity index (χ4n) is 2.73. The van der Waals surface area contributed by atoms with Gasteiger partial charge in [0.15, 0.2) is 0 Å². The Morgan fingerprint density at radius 1 is 0.963 bits per heavy atom. The number of amides is 1. The van der Waals surface area contributed by atoms with Gasteiger partial charge in [0.1, 0.15) is 12.4 Å². The SMILES string of the molecule is CCCc1ccc(OCc2ccc(C(=O)Nc3cccc(Cl)c3)cc2)cc1. The van der Waals surface area contributed by atoms with Crippen molar-refractivity contribution < 1.29 is 9.53 Å². The zero-order valence-corrected chi connectivity index (χ0v) is 16.0. The summed E-state index contributed by atoms with van der Waals surface area (Å²) in [5.41, 5.74) is 3.58. The summed E-state index contributed by atoms with van der Waals surface area (Å²) >= 11 is 5.94. The van der Waals surface area contributed by atoms with E-state index in [1.807, 2.05) is 24.3 Å². The van der Waals surface area contributed by atoms with Crippen LogP contribution in [-0.4, -0.2) is 5.91 Å². The first-order valence-corrected chi connectivity index (χ1v) is 9.39. The van der Waals surface area contributed by atoms with Gasteiger partial charge in [-0.15, -0.1) is 0 Å². The van der Waals surface area contributed by atoms with Crippen LogP contribution >= 0.6 is 11.6 Å². The Morgan fingerprint density at radius 3 is 2.33 bits per heavy atom. The van der Waals surface area contributed by atoms with Crippen molar-refractivity contribution in [2.45, 2.75) is 26.4 Å². The molecule has 0 atom stereocenters. The molecule has 0 saturated carbocycles. The molecule has 3 aromatic rings. The fourth-order valence-corrected chi connectivity index (χ4v) is 2.92. The van der Waals surface area contributed by atoms with E-state index < -0.39 is 0 Å². The molecule has 138 valence electrons. The summed E-state index contributed by atoms with van der Waals surface area (Å²) in [5.74, 6) is 0.675. The van der Waals surface area contributed by atoms with Gasteiger partial charge in [-0.05, 0) is 60.0 Å². The number of hydrogen-bond donors (Lipinski definition) is 1. The fraction of sp³-hybridized carbons (Fsp3) is 0.174. The van der Waals surface area contributed by atoms with Crippen LogP contribution < -0.4 is 10.1 Å². The molecule has 1 N–H and O–H groups in total. The maximum Gasteiger partial charge on any atom is 0.255 e. The van der Waals surface area contributed by atoms with Crippen molar-refractivity contribution in [3.63, 3.8) is 0 Å². The van der Waals surface area contributed by atoms with Gasteiger partial charge in [-0.1, -0.05) is 55.3 Å². The van der Waals surface area contributed by atoms with E-state index in [-0.39, 0.29) is 5.91 Å². The highest BCUT2D eigenvalue weighted by Gasteiger charge is 2.06. The lowest BCUT2D eigenvalue weighted by atomic mass is 10.1. The van der Waals surface area contributed by atoms with Crippen LogP contribution in [0.4, 0.5) is 5.69 Å². The largest absolute Gasteiger partial charge is 0.489 e. The number of benzene rings is 3. The molecular weight excluding hydrogens is 358 g/mol. The van der Waals surface area contributed by atoms with E-state index >= 15 is 0 Å². The molecule has 0 aliphatic heterocycles. The maximum absolute atomic E-state index is 12.3. The molecule has 3 nitrogen and oxygen atoms in total. The minimum absolute atomic E-state index is 0.170. The number of nitrogens with one attached hydrogen (secondary N) is 1. The van der Waals surface area contributed by atoms with Crippen LogP contribution in [-0.2, 0) is 13.0 Å². The predicted octanol–water partition coefficient (Wildman–Crippen LogP) is 6.12. The quantitative estimate of drug-likeness (QED) is 0.536. The van der Waals surface area contributed by atoms with E-state index in [0.717, 1.165) is 24.2 Å². The summed E-state index contributed by atoms with van der Waals surface area (Å²) in [7, 11) is 0. The molecule has 27 heavy (non-hydrogen) atoms. The molecule has 0 aliphatic carbocycles. The van der Waals surface area contributed by atoms with Gasteiger partial charge in [0.2, 0.25) is 0 Å². The van der Waals surface area contributed by atoms with Crippen LogP contribution in [0, 0.1) is 0 Å². The Kier molecular flexibility index (Phi) is 6.50. The summed E-state index contributed by atoms with van der Waals surface area (Å²) in [5, 5.41) is 3.42. The van der Waals surface area contributed by atoms with Crippen molar-refractivity contribution in [1.29, 1.82) is 0 Å². The summed E-state index contributed by atoms with van der Waals surface area (Å²) in [6, 6.07) is 22.7. The summed E-state index contributed by atoms with van der Waals surface area (Å²) < 4.78 is 5.82. The molecular formula is C23H22ClNO2. The Hall–Kier alpha value is -2.78. The summed E-state index contributed by atoms with van der Waals surface area (Å²) in [6.07, 6.45) is 2.22. The standard InChI is InChI=1S/C23H22ClNO2/c1-2-4-17-9-13-22(14-10-17)27-16-18-7-11-19(12-8-18)23(26)25-21-6-3-5-20(24)15-21/h3,5-15H,2,4,16H2,1H3,(H,25,26). The average Bonchev–Trinajstić information content (AvgIpc) is 2.68. The highest BCUT2D eigenvalue weighted by molar-refractivity contribution is 6.30. The van der Waals surface area contributed by atoms with Crippen LogP contribution in [0.3, 0.4) is 0 Å². The minimum Gasteiger partial charge on any atom is -0.489 e. The van der Waals surface area contributed by atoms with Gasteiger partial charge in [0.25, 0.3) is 5.91 Å². The molecule has 0 fully saturated rings. The molecule has 1 amide bonds. The highest BCUT2D eigenvalue weighted by atomic mass is 35.5. The molecule has 3 aromatic carbocycles. The van der Waals surface area contributed by atoms with Crippen molar-refractivity contribution in [2.24, 2.45) is 0 Å². The number of aryl methyl sites for hydroxylation is 1. The lowest BCUT2D eigenvalue weighted by Crippen LogP contribution is -2.11. The van der Waals surface area contributed by atoms with E-state index in [0.29, 0.717) is 22.9 Å². The third-order valence-corrected chi connectivity index (χ3v) is 4.40. The molecule has 0 aromatic heterocycles. The van der Waals surface area contributed by atoms with Crippen LogP contribution in [0.25, 0.3) is 0 Å². The maximum atomic E-state index is 12.3. The summed E-state index contributed by atoms with van der Waals surface area (Å²) in [4.78, 5) is 12.3. The third-order valence-electron chi connectivity index (χ3n) is 4.17. The number of ether oxygens (including phenoxy) is 1. The number of carbonyl (C=O) groups is 1. The van der Waals surface area contributed by atoms with Gasteiger partial charge in [-0.3, -0.25) is 4.79 Å². The van der Waals surface area contributed by atoms with Crippen molar-refractivity contribution in [1.82, 2.24) is 0 Å². The van der Waals surface area contributed by atoms with E-state index in [1.54, 1.807) is 36.4 Å². The number of hydrogen-bond acceptors (Lipinski definition) is 2. The molecule has 3 rings (SSSR count). The van der Waals surface area contributed by atoms with Crippen molar-refractivity contribution >= 4 is 23.2 Å². The normalized spacial score (nSPS) is 10.4. The van der Waals surface area contributed by atoms with Crippen LogP contribution in [0.5, 0.6) is 5.75 Å². The van der Waals surface area contributed by atoms with Crippen molar-refractivity contribution in [3.8, 4) is 5.75 Å². The van der Waals surface area contributed by atoms with Crippen molar-refractivity contribution in [2.75, 3.05) is 5.32 Å². The average molecular weight is 380 g/mol. The summed E-state index contributed by atoms with van der Waals surface area (Å²) in [6.45, 7) is 2.63. The van der Waals surface area contributed by atoms with Gasteiger partial charge < -0.3 is 10.1 Å². The second-order valence-electron chi connectivity index (χ2n) is 6.34. The Morgan fingerprint density at radius 2 is 1.67 bits per heavy atom. The molecule has 0 unspecified atom stereocenters. The lowest BCUT2D eigenvalue weighted by Gasteiger charge is -2.09. The number of rotatable bonds is 7. The van der Waals surface area contributed by atoms with Gasteiger partial charge in [-0.2, -0.15) is 0 Å². The van der Waals surface area contributed by atoms with Gasteiger partial charge >= 0.3 is 0 Å². The third kappa shape index (κ3) is 5.60. The Bertz CT molecular complexity index is 889. The second kappa shape index (κ2) is 9.24. The second-order valence-corrected chi connectivity index (χ2v) is 6.78. The molecule has 0 spiro atoms.